The van der Waals surface area contributed by atoms with E-state index in [0.29, 0.717) is 0 Å². The summed E-state index contributed by atoms with van der Waals surface area (Å²) in [6, 6.07) is 0. The third-order valence-electron chi connectivity index (χ3n) is 2.13. The number of nitrogens with zero attached hydrogens (tertiary/aromatic N) is 1. The first-order chi connectivity index (χ1) is 5.22. The number of piperidine rings is 1. The molecule has 0 aromatic rings. The maximum Gasteiger partial charge on any atom is 0.225 e. The molecule has 1 aliphatic rings. The number of rotatable bonds is 1. The van der Waals surface area contributed by atoms with Gasteiger partial charge in [0.2, 0.25) is 5.91 Å². The summed E-state index contributed by atoms with van der Waals surface area (Å²) in [5.74, 6) is 0.553. The van der Waals surface area contributed by atoms with Crippen molar-refractivity contribution in [3.63, 3.8) is 0 Å². The van der Waals surface area contributed by atoms with Crippen molar-refractivity contribution in [1.82, 2.24) is 10.2 Å². The first-order valence-corrected chi connectivity index (χ1v) is 4.13. The van der Waals surface area contributed by atoms with Gasteiger partial charge in [-0.05, 0) is 25.9 Å². The van der Waals surface area contributed by atoms with Gasteiger partial charge in [0.25, 0.3) is 0 Å². The summed E-state index contributed by atoms with van der Waals surface area (Å²) in [6.45, 7) is 1.98. The molecule has 1 saturated heterocycles. The van der Waals surface area contributed by atoms with Crippen molar-refractivity contribution in [3.8, 4) is 0 Å². The molecule has 1 N–H and O–H groups in total. The Morgan fingerprint density at radius 1 is 1.33 bits per heavy atom. The monoisotopic (exact) mass is 262 g/mol. The smallest absolute Gasteiger partial charge is 0.225 e. The largest absolute Gasteiger partial charge is 0.349 e. The maximum atomic E-state index is 11.4. The molecule has 0 aliphatic carbocycles. The van der Waals surface area contributed by atoms with E-state index >= 15 is 0 Å². The van der Waals surface area contributed by atoms with Crippen LogP contribution in [0.15, 0.2) is 0 Å². The van der Waals surface area contributed by atoms with E-state index in [9.17, 15) is 4.79 Å². The molecule has 0 aromatic carbocycles. The van der Waals surface area contributed by atoms with Crippen LogP contribution in [-0.4, -0.2) is 38.0 Å². The molecule has 4 heteroatoms. The zero-order valence-electron chi connectivity index (χ0n) is 7.58. The summed E-state index contributed by atoms with van der Waals surface area (Å²) < 4.78 is 0. The third kappa shape index (κ3) is 3.22. The minimum absolute atomic E-state index is 0. The molecular weight excluding hydrogens is 247 g/mol. The van der Waals surface area contributed by atoms with Gasteiger partial charge in [-0.25, -0.2) is 0 Å². The van der Waals surface area contributed by atoms with E-state index in [1.807, 2.05) is 14.1 Å². The summed E-state index contributed by atoms with van der Waals surface area (Å²) in [7, 11) is 3.65. The second kappa shape index (κ2) is 5.69. The number of hydrogen-bond acceptors (Lipinski definition) is 2. The van der Waals surface area contributed by atoms with E-state index in [2.05, 4.69) is 5.32 Å². The van der Waals surface area contributed by atoms with Crippen LogP contribution in [0.4, 0.5) is 0 Å². The Morgan fingerprint density at radius 2 is 1.83 bits per heavy atom. The average molecular weight is 263 g/mol. The molecule has 1 rings (SSSR count). The third-order valence-corrected chi connectivity index (χ3v) is 2.13. The van der Waals surface area contributed by atoms with Gasteiger partial charge in [0, 0.05) is 40.4 Å². The molecule has 74 valence electrons. The second-order valence-electron chi connectivity index (χ2n) is 3.26. The maximum absolute atomic E-state index is 11.4. The molecule has 0 atom stereocenters. The minimum Gasteiger partial charge on any atom is -0.349 e. The summed E-state index contributed by atoms with van der Waals surface area (Å²) >= 11 is 0. The number of hydrogen-bond donors (Lipinski definition) is 1. The Labute approximate surface area is 87.5 Å². The number of amides is 1. The Morgan fingerprint density at radius 3 is 2.25 bits per heavy atom. The quantitative estimate of drug-likeness (QED) is 0.679. The molecular formula is C8H16N2OPd. The van der Waals surface area contributed by atoms with Crippen molar-refractivity contribution in [2.45, 2.75) is 12.8 Å². The molecule has 1 amide bonds. The van der Waals surface area contributed by atoms with Gasteiger partial charge in [-0.1, -0.05) is 0 Å². The van der Waals surface area contributed by atoms with Crippen LogP contribution in [0.2, 0.25) is 0 Å². The first-order valence-electron chi connectivity index (χ1n) is 4.13. The van der Waals surface area contributed by atoms with Crippen molar-refractivity contribution in [1.29, 1.82) is 0 Å². The predicted octanol–water partition coefficient (Wildman–Crippen LogP) is 0.0717. The first kappa shape index (κ1) is 12.1. The van der Waals surface area contributed by atoms with E-state index < -0.39 is 0 Å². The predicted molar refractivity (Wildman–Crippen MR) is 44.3 cm³/mol. The molecule has 0 unspecified atom stereocenters. The van der Waals surface area contributed by atoms with Crippen molar-refractivity contribution in [2.75, 3.05) is 27.2 Å². The normalized spacial score (nSPS) is 18.2. The molecule has 12 heavy (non-hydrogen) atoms. The Bertz CT molecular complexity index is 144. The van der Waals surface area contributed by atoms with Crippen LogP contribution in [0, 0.1) is 5.92 Å². The van der Waals surface area contributed by atoms with E-state index in [0.717, 1.165) is 25.9 Å². The van der Waals surface area contributed by atoms with E-state index in [-0.39, 0.29) is 32.2 Å². The van der Waals surface area contributed by atoms with Crippen molar-refractivity contribution >= 4 is 5.91 Å². The Kier molecular flexibility index (Phi) is 5.73. The molecule has 0 radical (unpaired) electrons. The molecule has 0 saturated carbocycles. The van der Waals surface area contributed by atoms with Gasteiger partial charge in [0.15, 0.2) is 0 Å². The van der Waals surface area contributed by atoms with Crippen molar-refractivity contribution < 1.29 is 25.2 Å². The molecule has 0 spiro atoms. The summed E-state index contributed by atoms with van der Waals surface area (Å²) in [5.41, 5.74) is 0. The molecule has 1 aliphatic heterocycles. The van der Waals surface area contributed by atoms with Crippen molar-refractivity contribution in [2.24, 2.45) is 5.92 Å². The summed E-state index contributed by atoms with van der Waals surface area (Å²) in [6.07, 6.45) is 1.99. The fourth-order valence-corrected chi connectivity index (χ4v) is 1.43. The molecule has 1 fully saturated rings. The minimum atomic E-state index is 0. The topological polar surface area (TPSA) is 32.3 Å². The molecule has 1 heterocycles. The number of carbonyl (C=O) groups excluding carboxylic acids is 1. The van der Waals surface area contributed by atoms with Crippen molar-refractivity contribution in [3.05, 3.63) is 0 Å². The fraction of sp³-hybridized carbons (Fsp3) is 0.875. The average Bonchev–Trinajstić information content (AvgIpc) is 2.05. The van der Waals surface area contributed by atoms with Crippen LogP contribution in [0.5, 0.6) is 0 Å². The van der Waals surface area contributed by atoms with Crippen LogP contribution in [-0.2, 0) is 25.2 Å². The van der Waals surface area contributed by atoms with Gasteiger partial charge in [-0.15, -0.1) is 0 Å². The zero-order chi connectivity index (χ0) is 8.27. The van der Waals surface area contributed by atoms with Gasteiger partial charge < -0.3 is 10.2 Å². The van der Waals surface area contributed by atoms with Crippen LogP contribution >= 0.6 is 0 Å². The second-order valence-corrected chi connectivity index (χ2v) is 3.26. The molecule has 0 bridgehead atoms. The van der Waals surface area contributed by atoms with Crippen LogP contribution in [0.3, 0.4) is 0 Å². The van der Waals surface area contributed by atoms with Gasteiger partial charge >= 0.3 is 0 Å². The fourth-order valence-electron chi connectivity index (χ4n) is 1.43. The van der Waals surface area contributed by atoms with Gasteiger partial charge in [0.1, 0.15) is 0 Å². The number of carbonyl (C=O) groups is 1. The van der Waals surface area contributed by atoms with Crippen LogP contribution in [0.25, 0.3) is 0 Å². The van der Waals surface area contributed by atoms with E-state index in [1.165, 1.54) is 0 Å². The van der Waals surface area contributed by atoms with Gasteiger partial charge in [-0.3, -0.25) is 4.79 Å². The standard InChI is InChI=1S/C8H16N2O.Pd/c1-10(2)8(11)7-3-5-9-6-4-7;/h7,9H,3-6H2,1-2H3;. The zero-order valence-corrected chi connectivity index (χ0v) is 9.13. The SMILES string of the molecule is CN(C)C(=O)C1CCNCC1.[Pd]. The summed E-state index contributed by atoms with van der Waals surface area (Å²) in [4.78, 5) is 13.1. The van der Waals surface area contributed by atoms with E-state index in [1.54, 1.807) is 4.90 Å². The molecule has 3 nitrogen and oxygen atoms in total. The summed E-state index contributed by atoms with van der Waals surface area (Å²) in [5, 5.41) is 3.24. The van der Waals surface area contributed by atoms with Gasteiger partial charge in [0.05, 0.1) is 0 Å². The Balaban J connectivity index is 0.00000121. The van der Waals surface area contributed by atoms with Crippen LogP contribution < -0.4 is 5.32 Å². The van der Waals surface area contributed by atoms with Crippen LogP contribution in [0.1, 0.15) is 12.8 Å². The molecule has 0 aromatic heterocycles. The van der Waals surface area contributed by atoms with Gasteiger partial charge in [-0.2, -0.15) is 0 Å². The number of nitrogens with one attached hydrogen (secondary N) is 1. The Hall–Kier alpha value is 0.0923. The van der Waals surface area contributed by atoms with E-state index in [4.69, 9.17) is 0 Å².